The van der Waals surface area contributed by atoms with E-state index in [0.29, 0.717) is 11.9 Å². The van der Waals surface area contributed by atoms with E-state index >= 15 is 0 Å². The molecule has 17 heavy (non-hydrogen) atoms. The minimum absolute atomic E-state index is 0.388. The van der Waals surface area contributed by atoms with Crippen molar-refractivity contribution in [3.8, 4) is 0 Å². The highest BCUT2D eigenvalue weighted by atomic mass is 16.5. The molecule has 1 heterocycles. The van der Waals surface area contributed by atoms with Gasteiger partial charge in [-0.05, 0) is 12.0 Å². The van der Waals surface area contributed by atoms with Gasteiger partial charge in [0.2, 0.25) is 5.89 Å². The summed E-state index contributed by atoms with van der Waals surface area (Å²) >= 11 is 0. The van der Waals surface area contributed by atoms with Gasteiger partial charge >= 0.3 is 0 Å². The Morgan fingerprint density at radius 1 is 1.29 bits per heavy atom. The van der Waals surface area contributed by atoms with Crippen LogP contribution in [-0.2, 0) is 6.42 Å². The summed E-state index contributed by atoms with van der Waals surface area (Å²) in [5.41, 5.74) is 1.32. The van der Waals surface area contributed by atoms with E-state index in [1.807, 2.05) is 6.07 Å². The van der Waals surface area contributed by atoms with Crippen LogP contribution in [0.4, 0.5) is 0 Å². The van der Waals surface area contributed by atoms with Gasteiger partial charge in [0, 0.05) is 19.0 Å². The maximum absolute atomic E-state index is 4.95. The number of nitrogens with zero attached hydrogens (tertiary/aromatic N) is 2. The van der Waals surface area contributed by atoms with Gasteiger partial charge in [0.15, 0.2) is 6.33 Å². The van der Waals surface area contributed by atoms with Gasteiger partial charge in [0.05, 0.1) is 0 Å². The zero-order valence-corrected chi connectivity index (χ0v) is 9.97. The van der Waals surface area contributed by atoms with Gasteiger partial charge in [-0.25, -0.2) is 0 Å². The number of aromatic nitrogens is 2. The molecule has 2 aromatic rings. The molecule has 0 aliphatic heterocycles. The van der Waals surface area contributed by atoms with Crippen molar-refractivity contribution < 1.29 is 4.52 Å². The fourth-order valence-electron chi connectivity index (χ4n) is 1.84. The van der Waals surface area contributed by atoms with Crippen molar-refractivity contribution in [3.63, 3.8) is 0 Å². The van der Waals surface area contributed by atoms with Gasteiger partial charge in [-0.2, -0.15) is 4.98 Å². The van der Waals surface area contributed by atoms with E-state index in [9.17, 15) is 0 Å². The first-order chi connectivity index (χ1) is 8.40. The third-order valence-electron chi connectivity index (χ3n) is 2.75. The summed E-state index contributed by atoms with van der Waals surface area (Å²) in [6.45, 7) is 3.02. The van der Waals surface area contributed by atoms with Gasteiger partial charge in [-0.1, -0.05) is 42.4 Å². The first-order valence-corrected chi connectivity index (χ1v) is 5.94. The lowest BCUT2D eigenvalue weighted by molar-refractivity contribution is 0.371. The van der Waals surface area contributed by atoms with Crippen molar-refractivity contribution in [2.24, 2.45) is 0 Å². The van der Waals surface area contributed by atoms with E-state index < -0.39 is 0 Å². The maximum atomic E-state index is 4.95. The fraction of sp³-hybridized carbons (Fsp3) is 0.385. The molecular formula is C13H17N3O. The second-order valence-corrected chi connectivity index (χ2v) is 3.91. The summed E-state index contributed by atoms with van der Waals surface area (Å²) in [6, 6.07) is 10.9. The van der Waals surface area contributed by atoms with Crippen molar-refractivity contribution in [2.45, 2.75) is 25.8 Å². The van der Waals surface area contributed by atoms with Crippen LogP contribution in [0, 0.1) is 0 Å². The quantitative estimate of drug-likeness (QED) is 0.829. The third-order valence-corrected chi connectivity index (χ3v) is 2.75. The van der Waals surface area contributed by atoms with Crippen LogP contribution < -0.4 is 5.32 Å². The van der Waals surface area contributed by atoms with Crippen molar-refractivity contribution in [1.82, 2.24) is 15.5 Å². The molecule has 0 fully saturated rings. The molecule has 1 aromatic heterocycles. The van der Waals surface area contributed by atoms with Gasteiger partial charge in [-0.3, -0.25) is 0 Å². The monoisotopic (exact) mass is 231 g/mol. The van der Waals surface area contributed by atoms with E-state index in [2.05, 4.69) is 46.6 Å². The van der Waals surface area contributed by atoms with Crippen LogP contribution in [0.25, 0.3) is 0 Å². The van der Waals surface area contributed by atoms with Gasteiger partial charge in [0.25, 0.3) is 0 Å². The van der Waals surface area contributed by atoms with E-state index in [1.165, 1.54) is 11.9 Å². The van der Waals surface area contributed by atoms with Crippen LogP contribution in [0.1, 0.15) is 30.8 Å². The second kappa shape index (κ2) is 6.15. The number of rotatable bonds is 6. The molecule has 0 amide bonds. The fourth-order valence-corrected chi connectivity index (χ4v) is 1.84. The van der Waals surface area contributed by atoms with E-state index in [-0.39, 0.29) is 0 Å². The van der Waals surface area contributed by atoms with E-state index in [4.69, 9.17) is 4.52 Å². The van der Waals surface area contributed by atoms with Gasteiger partial charge in [-0.15, -0.1) is 0 Å². The Hall–Kier alpha value is -1.68. The van der Waals surface area contributed by atoms with Crippen LogP contribution in [0.15, 0.2) is 41.2 Å². The first kappa shape index (κ1) is 11.8. The SMILES string of the molecule is CCC(NCCc1ncno1)c1ccccc1. The molecule has 0 saturated carbocycles. The van der Waals surface area contributed by atoms with Crippen LogP contribution >= 0.6 is 0 Å². The molecule has 1 aromatic carbocycles. The zero-order valence-electron chi connectivity index (χ0n) is 9.97. The Morgan fingerprint density at radius 2 is 2.12 bits per heavy atom. The molecule has 0 radical (unpaired) electrons. The summed E-state index contributed by atoms with van der Waals surface area (Å²) in [5.74, 6) is 0.681. The van der Waals surface area contributed by atoms with Gasteiger partial charge in [0.1, 0.15) is 0 Å². The molecule has 90 valence electrons. The van der Waals surface area contributed by atoms with E-state index in [0.717, 1.165) is 19.4 Å². The largest absolute Gasteiger partial charge is 0.340 e. The standard InChI is InChI=1S/C13H17N3O/c1-2-12(11-6-4-3-5-7-11)14-9-8-13-15-10-16-17-13/h3-7,10,12,14H,2,8-9H2,1H3. The normalized spacial score (nSPS) is 12.5. The van der Waals surface area contributed by atoms with Crippen LogP contribution in [0.2, 0.25) is 0 Å². The average Bonchev–Trinajstić information content (AvgIpc) is 2.89. The molecule has 0 spiro atoms. The molecule has 0 aliphatic carbocycles. The lowest BCUT2D eigenvalue weighted by Crippen LogP contribution is -2.23. The Bertz CT molecular complexity index is 413. The number of benzene rings is 1. The molecule has 1 N–H and O–H groups in total. The summed E-state index contributed by atoms with van der Waals surface area (Å²) in [4.78, 5) is 3.99. The predicted molar refractivity (Wildman–Crippen MR) is 65.5 cm³/mol. The lowest BCUT2D eigenvalue weighted by Gasteiger charge is -2.16. The average molecular weight is 231 g/mol. The summed E-state index contributed by atoms with van der Waals surface area (Å²) in [5, 5.41) is 7.08. The highest BCUT2D eigenvalue weighted by Gasteiger charge is 2.08. The smallest absolute Gasteiger partial charge is 0.227 e. The molecule has 2 rings (SSSR count). The molecule has 0 aliphatic rings. The Balaban J connectivity index is 1.84. The minimum atomic E-state index is 0.388. The summed E-state index contributed by atoms with van der Waals surface area (Å²) < 4.78 is 4.95. The minimum Gasteiger partial charge on any atom is -0.340 e. The molecule has 4 heteroatoms. The summed E-state index contributed by atoms with van der Waals surface area (Å²) in [7, 11) is 0. The number of hydrogen-bond donors (Lipinski definition) is 1. The van der Waals surface area contributed by atoms with Gasteiger partial charge < -0.3 is 9.84 Å². The highest BCUT2D eigenvalue weighted by Crippen LogP contribution is 2.15. The summed E-state index contributed by atoms with van der Waals surface area (Å²) in [6.07, 6.45) is 3.26. The Kier molecular flexibility index (Phi) is 4.27. The number of hydrogen-bond acceptors (Lipinski definition) is 4. The van der Waals surface area contributed by atoms with E-state index in [1.54, 1.807) is 0 Å². The molecule has 1 atom stereocenters. The van der Waals surface area contributed by atoms with Crippen molar-refractivity contribution >= 4 is 0 Å². The maximum Gasteiger partial charge on any atom is 0.227 e. The van der Waals surface area contributed by atoms with Crippen LogP contribution in [0.5, 0.6) is 0 Å². The predicted octanol–water partition coefficient (Wildman–Crippen LogP) is 2.35. The van der Waals surface area contributed by atoms with Crippen LogP contribution in [0.3, 0.4) is 0 Å². The highest BCUT2D eigenvalue weighted by molar-refractivity contribution is 5.18. The second-order valence-electron chi connectivity index (χ2n) is 3.91. The number of nitrogens with one attached hydrogen (secondary N) is 1. The topological polar surface area (TPSA) is 51.0 Å². The van der Waals surface area contributed by atoms with Crippen molar-refractivity contribution in [3.05, 3.63) is 48.1 Å². The van der Waals surface area contributed by atoms with Crippen LogP contribution in [-0.4, -0.2) is 16.7 Å². The van der Waals surface area contributed by atoms with Crippen molar-refractivity contribution in [1.29, 1.82) is 0 Å². The zero-order chi connectivity index (χ0) is 11.9. The molecular weight excluding hydrogens is 214 g/mol. The molecule has 0 saturated heterocycles. The molecule has 0 bridgehead atoms. The lowest BCUT2D eigenvalue weighted by atomic mass is 10.0. The molecule has 4 nitrogen and oxygen atoms in total. The Labute approximate surface area is 101 Å². The molecule has 1 unspecified atom stereocenters. The Morgan fingerprint density at radius 3 is 2.76 bits per heavy atom. The third kappa shape index (κ3) is 3.39. The first-order valence-electron chi connectivity index (χ1n) is 5.94. The van der Waals surface area contributed by atoms with Crippen molar-refractivity contribution in [2.75, 3.05) is 6.54 Å².